The number of aliphatic carboxylic acids is 1. The summed E-state index contributed by atoms with van der Waals surface area (Å²) < 4.78 is 0. The molecule has 2 saturated heterocycles. The van der Waals surface area contributed by atoms with Gasteiger partial charge in [-0.3, -0.25) is 14.5 Å². The first-order valence-electron chi connectivity index (χ1n) is 8.06. The number of nitrogens with zero attached hydrogens (tertiary/aromatic N) is 2. The molecule has 0 aromatic rings. The minimum Gasteiger partial charge on any atom is -0.481 e. The van der Waals surface area contributed by atoms with E-state index < -0.39 is 5.97 Å². The van der Waals surface area contributed by atoms with Crippen molar-refractivity contribution in [3.05, 3.63) is 0 Å². The number of piperazine rings is 1. The van der Waals surface area contributed by atoms with Crippen LogP contribution in [0.2, 0.25) is 0 Å². The van der Waals surface area contributed by atoms with Crippen LogP contribution < -0.4 is 5.32 Å². The molecule has 0 bridgehead atoms. The van der Waals surface area contributed by atoms with E-state index in [1.165, 1.54) is 6.42 Å². The molecule has 0 saturated carbocycles. The van der Waals surface area contributed by atoms with Crippen molar-refractivity contribution < 1.29 is 14.7 Å². The lowest BCUT2D eigenvalue weighted by Gasteiger charge is -2.38. The van der Waals surface area contributed by atoms with Crippen LogP contribution in [0, 0.1) is 5.92 Å². The summed E-state index contributed by atoms with van der Waals surface area (Å²) in [6.45, 7) is 6.70. The van der Waals surface area contributed by atoms with Crippen molar-refractivity contribution in [1.29, 1.82) is 0 Å². The molecule has 0 radical (unpaired) electrons. The quantitative estimate of drug-likeness (QED) is 0.768. The standard InChI is InChI=1S/C15H27N3O3/c1-2-12-3-5-16-13(11-12)15(21)18-9-7-17(8-10-18)6-4-14(19)20/h12-13,16H,2-11H2,1H3,(H,19,20). The maximum absolute atomic E-state index is 12.5. The molecule has 2 unspecified atom stereocenters. The number of carboxylic acids is 1. The van der Waals surface area contributed by atoms with Gasteiger partial charge in [0, 0.05) is 32.7 Å². The van der Waals surface area contributed by atoms with Crippen LogP contribution in [0.1, 0.15) is 32.6 Å². The fourth-order valence-corrected chi connectivity index (χ4v) is 3.22. The summed E-state index contributed by atoms with van der Waals surface area (Å²) in [6.07, 6.45) is 3.45. The summed E-state index contributed by atoms with van der Waals surface area (Å²) in [4.78, 5) is 27.2. The Bertz CT molecular complexity index is 367. The Balaban J connectivity index is 1.76. The molecular weight excluding hydrogens is 270 g/mol. The summed E-state index contributed by atoms with van der Waals surface area (Å²) >= 11 is 0. The van der Waals surface area contributed by atoms with Gasteiger partial charge in [-0.25, -0.2) is 0 Å². The third kappa shape index (κ3) is 4.68. The molecule has 1 amide bonds. The number of hydrogen-bond acceptors (Lipinski definition) is 4. The van der Waals surface area contributed by atoms with E-state index in [2.05, 4.69) is 17.1 Å². The van der Waals surface area contributed by atoms with Crippen molar-refractivity contribution in [1.82, 2.24) is 15.1 Å². The highest BCUT2D eigenvalue weighted by Crippen LogP contribution is 2.20. The van der Waals surface area contributed by atoms with E-state index in [4.69, 9.17) is 5.11 Å². The molecule has 21 heavy (non-hydrogen) atoms. The molecule has 2 aliphatic heterocycles. The fraction of sp³-hybridized carbons (Fsp3) is 0.867. The first-order valence-corrected chi connectivity index (χ1v) is 8.06. The monoisotopic (exact) mass is 297 g/mol. The molecule has 2 aliphatic rings. The van der Waals surface area contributed by atoms with Gasteiger partial charge in [-0.05, 0) is 25.3 Å². The molecule has 2 fully saturated rings. The number of carboxylic acid groups (broad SMARTS) is 1. The molecule has 6 heteroatoms. The third-order valence-corrected chi connectivity index (χ3v) is 4.71. The van der Waals surface area contributed by atoms with Crippen LogP contribution in [-0.4, -0.2) is 72.1 Å². The van der Waals surface area contributed by atoms with Crippen molar-refractivity contribution in [3.63, 3.8) is 0 Å². The molecule has 2 heterocycles. The van der Waals surface area contributed by atoms with E-state index in [1.54, 1.807) is 0 Å². The normalized spacial score (nSPS) is 27.6. The second kappa shape index (κ2) is 7.75. The minimum atomic E-state index is -0.759. The molecule has 2 N–H and O–H groups in total. The van der Waals surface area contributed by atoms with Crippen LogP contribution in [0.25, 0.3) is 0 Å². The Morgan fingerprint density at radius 1 is 1.24 bits per heavy atom. The zero-order valence-electron chi connectivity index (χ0n) is 12.9. The zero-order chi connectivity index (χ0) is 15.2. The summed E-state index contributed by atoms with van der Waals surface area (Å²) in [7, 11) is 0. The van der Waals surface area contributed by atoms with Gasteiger partial charge in [-0.2, -0.15) is 0 Å². The minimum absolute atomic E-state index is 0.0192. The maximum Gasteiger partial charge on any atom is 0.304 e. The Morgan fingerprint density at radius 2 is 1.95 bits per heavy atom. The van der Waals surface area contributed by atoms with Gasteiger partial charge in [0.1, 0.15) is 0 Å². The smallest absolute Gasteiger partial charge is 0.304 e. The van der Waals surface area contributed by atoms with Crippen molar-refractivity contribution in [3.8, 4) is 0 Å². The Kier molecular flexibility index (Phi) is 5.99. The lowest BCUT2D eigenvalue weighted by Crippen LogP contribution is -2.55. The Hall–Kier alpha value is -1.14. The van der Waals surface area contributed by atoms with Crippen LogP contribution in [-0.2, 0) is 9.59 Å². The van der Waals surface area contributed by atoms with E-state index in [0.717, 1.165) is 32.5 Å². The van der Waals surface area contributed by atoms with E-state index in [1.807, 2.05) is 4.90 Å². The van der Waals surface area contributed by atoms with Crippen molar-refractivity contribution in [2.45, 2.75) is 38.6 Å². The first-order chi connectivity index (χ1) is 10.1. The predicted octanol–water partition coefficient (Wildman–Crippen LogP) is 0.384. The fourth-order valence-electron chi connectivity index (χ4n) is 3.22. The summed E-state index contributed by atoms with van der Waals surface area (Å²) in [5, 5.41) is 12.1. The topological polar surface area (TPSA) is 72.9 Å². The van der Waals surface area contributed by atoms with Crippen molar-refractivity contribution in [2.24, 2.45) is 5.92 Å². The number of piperidine rings is 1. The molecule has 2 rings (SSSR count). The number of amides is 1. The summed E-state index contributed by atoms with van der Waals surface area (Å²) in [6, 6.07) is -0.0192. The van der Waals surface area contributed by atoms with Gasteiger partial charge in [-0.1, -0.05) is 13.3 Å². The van der Waals surface area contributed by atoms with Gasteiger partial charge in [0.2, 0.25) is 5.91 Å². The van der Waals surface area contributed by atoms with Gasteiger partial charge in [-0.15, -0.1) is 0 Å². The van der Waals surface area contributed by atoms with Gasteiger partial charge in [0.05, 0.1) is 12.5 Å². The van der Waals surface area contributed by atoms with Crippen molar-refractivity contribution >= 4 is 11.9 Å². The zero-order valence-corrected chi connectivity index (χ0v) is 12.9. The number of nitrogens with one attached hydrogen (secondary N) is 1. The number of rotatable bonds is 5. The number of carbonyl (C=O) groups excluding carboxylic acids is 1. The number of carbonyl (C=O) groups is 2. The van der Waals surface area contributed by atoms with Gasteiger partial charge in [0.15, 0.2) is 0 Å². The van der Waals surface area contributed by atoms with Gasteiger partial charge >= 0.3 is 5.97 Å². The Morgan fingerprint density at radius 3 is 2.57 bits per heavy atom. The lowest BCUT2D eigenvalue weighted by atomic mass is 9.90. The molecule has 0 aliphatic carbocycles. The highest BCUT2D eigenvalue weighted by atomic mass is 16.4. The second-order valence-electron chi connectivity index (χ2n) is 6.12. The van der Waals surface area contributed by atoms with Crippen LogP contribution in [0.3, 0.4) is 0 Å². The molecule has 120 valence electrons. The Labute approximate surface area is 126 Å². The SMILES string of the molecule is CCC1CCNC(C(=O)N2CCN(CCC(=O)O)CC2)C1. The average Bonchev–Trinajstić information content (AvgIpc) is 2.52. The first kappa shape index (κ1) is 16.2. The van der Waals surface area contributed by atoms with Crippen LogP contribution >= 0.6 is 0 Å². The summed E-state index contributed by atoms with van der Waals surface area (Å²) in [5.74, 6) is 0.133. The van der Waals surface area contributed by atoms with Gasteiger partial charge in [0.25, 0.3) is 0 Å². The molecule has 6 nitrogen and oxygen atoms in total. The second-order valence-corrected chi connectivity index (χ2v) is 6.12. The number of hydrogen-bond donors (Lipinski definition) is 2. The average molecular weight is 297 g/mol. The van der Waals surface area contributed by atoms with E-state index in [-0.39, 0.29) is 18.4 Å². The molecule has 2 atom stereocenters. The van der Waals surface area contributed by atoms with E-state index >= 15 is 0 Å². The van der Waals surface area contributed by atoms with Gasteiger partial charge < -0.3 is 15.3 Å². The lowest BCUT2D eigenvalue weighted by molar-refractivity contribution is -0.139. The molecule has 0 spiro atoms. The third-order valence-electron chi connectivity index (χ3n) is 4.71. The molecule has 0 aromatic heterocycles. The summed E-state index contributed by atoms with van der Waals surface area (Å²) in [5.41, 5.74) is 0. The maximum atomic E-state index is 12.5. The molecule has 0 aromatic carbocycles. The van der Waals surface area contributed by atoms with E-state index in [9.17, 15) is 9.59 Å². The van der Waals surface area contributed by atoms with E-state index in [0.29, 0.717) is 25.6 Å². The van der Waals surface area contributed by atoms with Crippen molar-refractivity contribution in [2.75, 3.05) is 39.3 Å². The largest absolute Gasteiger partial charge is 0.481 e. The van der Waals surface area contributed by atoms with Crippen LogP contribution in [0.4, 0.5) is 0 Å². The predicted molar refractivity (Wildman–Crippen MR) is 80.1 cm³/mol. The van der Waals surface area contributed by atoms with Crippen LogP contribution in [0.15, 0.2) is 0 Å². The molecular formula is C15H27N3O3. The van der Waals surface area contributed by atoms with Crippen LogP contribution in [0.5, 0.6) is 0 Å². The highest BCUT2D eigenvalue weighted by molar-refractivity contribution is 5.82. The highest BCUT2D eigenvalue weighted by Gasteiger charge is 2.30.